The summed E-state index contributed by atoms with van der Waals surface area (Å²) in [4.78, 5) is 0. The van der Waals surface area contributed by atoms with Gasteiger partial charge in [0.1, 0.15) is 11.5 Å². The molecule has 0 aliphatic carbocycles. The molecule has 0 amide bonds. The maximum Gasteiger partial charge on any atom is 0.256 e. The SMILES string of the molecule is CC(C)(C)c1cc2c3c(c1)-n1c4ccc(-c5ccccc5)cc4c4cc(-c5ccccc5)cc(c41)B3c1cc(-c3ccccc3)ccc1O2. The zero-order chi connectivity index (χ0) is 32.9. The van der Waals surface area contributed by atoms with E-state index in [4.69, 9.17) is 4.74 Å². The first-order valence-corrected chi connectivity index (χ1v) is 17.2. The molecule has 3 heteroatoms. The van der Waals surface area contributed by atoms with Gasteiger partial charge < -0.3 is 9.30 Å². The summed E-state index contributed by atoms with van der Waals surface area (Å²) in [6.07, 6.45) is 0. The van der Waals surface area contributed by atoms with Crippen molar-refractivity contribution in [2.45, 2.75) is 26.2 Å². The van der Waals surface area contributed by atoms with Gasteiger partial charge in [-0.05, 0) is 97.1 Å². The van der Waals surface area contributed by atoms with Gasteiger partial charge in [-0.25, -0.2) is 0 Å². The summed E-state index contributed by atoms with van der Waals surface area (Å²) in [6.45, 7) is 6.89. The molecule has 0 radical (unpaired) electrons. The number of aromatic nitrogens is 1. The topological polar surface area (TPSA) is 14.2 Å². The Balaban J connectivity index is 1.35. The molecule has 49 heavy (non-hydrogen) atoms. The Labute approximate surface area is 287 Å². The summed E-state index contributed by atoms with van der Waals surface area (Å²) < 4.78 is 9.46. The number of fused-ring (bicyclic) bond motifs is 7. The fourth-order valence-electron chi connectivity index (χ4n) is 8.14. The van der Waals surface area contributed by atoms with Crippen LogP contribution in [0.2, 0.25) is 0 Å². The van der Waals surface area contributed by atoms with Crippen LogP contribution in [0.25, 0.3) is 60.9 Å². The van der Waals surface area contributed by atoms with Gasteiger partial charge in [0.05, 0.1) is 5.52 Å². The lowest BCUT2D eigenvalue weighted by atomic mass is 9.34. The average Bonchev–Trinajstić information content (AvgIpc) is 3.47. The van der Waals surface area contributed by atoms with E-state index >= 15 is 0 Å². The van der Waals surface area contributed by atoms with E-state index in [1.165, 1.54) is 82.8 Å². The van der Waals surface area contributed by atoms with E-state index in [0.717, 1.165) is 11.5 Å². The zero-order valence-corrected chi connectivity index (χ0v) is 27.9. The number of ether oxygens (including phenoxy) is 1. The van der Waals surface area contributed by atoms with Gasteiger partial charge in [-0.1, -0.05) is 136 Å². The summed E-state index contributed by atoms with van der Waals surface area (Å²) in [5.41, 5.74) is 16.0. The highest BCUT2D eigenvalue weighted by molar-refractivity contribution is 6.99. The first kappa shape index (κ1) is 28.2. The van der Waals surface area contributed by atoms with E-state index < -0.39 is 0 Å². The van der Waals surface area contributed by atoms with Gasteiger partial charge in [-0.3, -0.25) is 0 Å². The number of nitrogens with zero attached hydrogens (tertiary/aromatic N) is 1. The lowest BCUT2D eigenvalue weighted by molar-refractivity contribution is 0.483. The van der Waals surface area contributed by atoms with E-state index in [0.29, 0.717) is 0 Å². The van der Waals surface area contributed by atoms with Gasteiger partial charge >= 0.3 is 0 Å². The van der Waals surface area contributed by atoms with Gasteiger partial charge in [0.25, 0.3) is 6.71 Å². The number of hydrogen-bond donors (Lipinski definition) is 0. The van der Waals surface area contributed by atoms with E-state index in [9.17, 15) is 0 Å². The van der Waals surface area contributed by atoms with E-state index in [1.54, 1.807) is 0 Å². The molecule has 0 saturated carbocycles. The quantitative estimate of drug-likeness (QED) is 0.178. The summed E-state index contributed by atoms with van der Waals surface area (Å²) in [6, 6.07) is 55.6. The zero-order valence-electron chi connectivity index (χ0n) is 27.9. The van der Waals surface area contributed by atoms with Crippen LogP contribution in [0.5, 0.6) is 11.5 Å². The van der Waals surface area contributed by atoms with Crippen molar-refractivity contribution in [1.29, 1.82) is 0 Å². The van der Waals surface area contributed by atoms with E-state index in [2.05, 4.69) is 177 Å². The predicted molar refractivity (Wildman–Crippen MR) is 207 cm³/mol. The molecule has 0 spiro atoms. The van der Waals surface area contributed by atoms with Crippen molar-refractivity contribution in [3.63, 3.8) is 0 Å². The normalized spacial score (nSPS) is 12.9. The van der Waals surface area contributed by atoms with Crippen LogP contribution in [0.15, 0.2) is 152 Å². The second kappa shape index (κ2) is 10.4. The van der Waals surface area contributed by atoms with Crippen LogP contribution in [-0.2, 0) is 5.41 Å². The Hall–Kier alpha value is -5.80. The second-order valence-corrected chi connectivity index (χ2v) is 14.6. The summed E-state index contributed by atoms with van der Waals surface area (Å²) in [5, 5.41) is 2.55. The molecule has 0 saturated heterocycles. The lowest BCUT2D eigenvalue weighted by Gasteiger charge is -2.35. The second-order valence-electron chi connectivity index (χ2n) is 14.6. The minimum Gasteiger partial charge on any atom is -0.458 e. The standard InChI is InChI=1S/C46H34BNO/c1-46(2,3)35-27-41-44-43(28-35)49-42-22-20-33(30-15-9-5-10-16-30)25-38(42)47(44)39-26-34(31-17-11-6-12-18-31)24-37-36-23-32(29-13-7-4-8-14-29)19-21-40(36)48(41)45(37)39/h4-28H,1-3H3. The van der Waals surface area contributed by atoms with Gasteiger partial charge in [-0.15, -0.1) is 0 Å². The van der Waals surface area contributed by atoms with Crippen LogP contribution in [0, 0.1) is 0 Å². The fraction of sp³-hybridized carbons (Fsp3) is 0.0870. The highest BCUT2D eigenvalue weighted by atomic mass is 16.5. The maximum absolute atomic E-state index is 6.93. The van der Waals surface area contributed by atoms with Crippen molar-refractivity contribution >= 4 is 44.9 Å². The molecular formula is C46H34BNO. The van der Waals surface area contributed by atoms with Gasteiger partial charge in [0.2, 0.25) is 0 Å². The molecule has 0 N–H and O–H groups in total. The highest BCUT2D eigenvalue weighted by Crippen LogP contribution is 2.42. The average molecular weight is 628 g/mol. The van der Waals surface area contributed by atoms with Crippen LogP contribution < -0.4 is 21.1 Å². The van der Waals surface area contributed by atoms with Crippen LogP contribution >= 0.6 is 0 Å². The van der Waals surface area contributed by atoms with Crippen LogP contribution in [0.4, 0.5) is 0 Å². The molecule has 3 heterocycles. The smallest absolute Gasteiger partial charge is 0.256 e. The van der Waals surface area contributed by atoms with Gasteiger partial charge in [0.15, 0.2) is 0 Å². The molecule has 0 fully saturated rings. The molecule has 232 valence electrons. The largest absolute Gasteiger partial charge is 0.458 e. The first-order valence-electron chi connectivity index (χ1n) is 17.2. The number of benzene rings is 7. The van der Waals surface area contributed by atoms with Crippen LogP contribution in [0.1, 0.15) is 26.3 Å². The Morgan fingerprint density at radius 3 is 1.71 bits per heavy atom. The monoisotopic (exact) mass is 627 g/mol. The van der Waals surface area contributed by atoms with Gasteiger partial charge in [-0.2, -0.15) is 0 Å². The molecule has 0 bridgehead atoms. The third-order valence-electron chi connectivity index (χ3n) is 10.6. The third-order valence-corrected chi connectivity index (χ3v) is 10.6. The molecular weight excluding hydrogens is 593 g/mol. The molecule has 2 nitrogen and oxygen atoms in total. The molecule has 2 aliphatic heterocycles. The Morgan fingerprint density at radius 2 is 1.06 bits per heavy atom. The Morgan fingerprint density at radius 1 is 0.490 bits per heavy atom. The molecule has 7 aromatic carbocycles. The third kappa shape index (κ3) is 4.28. The van der Waals surface area contributed by atoms with E-state index in [-0.39, 0.29) is 12.1 Å². The van der Waals surface area contributed by atoms with Gasteiger partial charge in [0, 0.05) is 22.0 Å². The summed E-state index contributed by atoms with van der Waals surface area (Å²) in [5.74, 6) is 1.89. The summed E-state index contributed by atoms with van der Waals surface area (Å²) >= 11 is 0. The predicted octanol–water partition coefficient (Wildman–Crippen LogP) is 10.0. The highest BCUT2D eigenvalue weighted by Gasteiger charge is 2.41. The Kier molecular flexibility index (Phi) is 5.96. The molecule has 2 aliphatic rings. The molecule has 0 atom stereocenters. The fourth-order valence-corrected chi connectivity index (χ4v) is 8.14. The van der Waals surface area contributed by atoms with Crippen molar-refractivity contribution in [3.05, 3.63) is 157 Å². The molecule has 8 aromatic rings. The minimum atomic E-state index is -0.0537. The first-order chi connectivity index (χ1) is 23.9. The molecule has 10 rings (SSSR count). The van der Waals surface area contributed by atoms with Crippen molar-refractivity contribution in [2.75, 3.05) is 0 Å². The van der Waals surface area contributed by atoms with Crippen LogP contribution in [-0.4, -0.2) is 11.3 Å². The molecule has 1 aromatic heterocycles. The minimum absolute atomic E-state index is 0.0167. The van der Waals surface area contributed by atoms with Crippen molar-refractivity contribution in [2.24, 2.45) is 0 Å². The Bertz CT molecular complexity index is 2600. The summed E-state index contributed by atoms with van der Waals surface area (Å²) in [7, 11) is 0. The van der Waals surface area contributed by atoms with Crippen LogP contribution in [0.3, 0.4) is 0 Å². The number of hydrogen-bond acceptors (Lipinski definition) is 1. The van der Waals surface area contributed by atoms with Crippen molar-refractivity contribution < 1.29 is 4.74 Å². The number of rotatable bonds is 3. The maximum atomic E-state index is 6.93. The molecule has 0 unspecified atom stereocenters. The van der Waals surface area contributed by atoms with E-state index in [1.807, 2.05) is 0 Å². The van der Waals surface area contributed by atoms with Crippen molar-refractivity contribution in [1.82, 2.24) is 4.57 Å². The lowest BCUT2D eigenvalue weighted by Crippen LogP contribution is -2.58. The van der Waals surface area contributed by atoms with Crippen molar-refractivity contribution in [3.8, 4) is 50.6 Å².